The molecule has 0 radical (unpaired) electrons. The number of benzene rings is 1. The largest absolute Gasteiger partial charge is 0.309 e. The summed E-state index contributed by atoms with van der Waals surface area (Å²) in [5, 5.41) is 11.2. The number of likely N-dealkylation sites (N-methyl/N-ethyl adjacent to an activating group) is 1. The Morgan fingerprint density at radius 2 is 2.00 bits per heavy atom. The van der Waals surface area contributed by atoms with E-state index in [4.69, 9.17) is 6.42 Å². The first-order valence-corrected chi connectivity index (χ1v) is 9.96. The Morgan fingerprint density at radius 1 is 1.25 bits per heavy atom. The molecule has 3 rings (SSSR count). The van der Waals surface area contributed by atoms with E-state index in [9.17, 15) is 4.79 Å². The Bertz CT molecular complexity index is 884. The summed E-state index contributed by atoms with van der Waals surface area (Å²) in [5.74, 6) is 3.13. The molecule has 0 spiro atoms. The molecule has 0 saturated carbocycles. The third-order valence-corrected chi connectivity index (χ3v) is 5.25. The first-order valence-electron chi connectivity index (χ1n) is 9.96. The van der Waals surface area contributed by atoms with E-state index in [1.54, 1.807) is 0 Å². The van der Waals surface area contributed by atoms with Crippen LogP contribution in [0.5, 0.6) is 0 Å². The van der Waals surface area contributed by atoms with Crippen LogP contribution in [0.3, 0.4) is 0 Å². The Kier molecular flexibility index (Phi) is 6.42. The average Bonchev–Trinajstić information content (AvgIpc) is 3.41. The van der Waals surface area contributed by atoms with Gasteiger partial charge in [-0.3, -0.25) is 10.1 Å². The van der Waals surface area contributed by atoms with Crippen molar-refractivity contribution in [1.82, 2.24) is 14.5 Å². The molecule has 0 unspecified atom stereocenters. The van der Waals surface area contributed by atoms with Crippen LogP contribution in [-0.4, -0.2) is 45.7 Å². The number of anilines is 1. The zero-order valence-corrected chi connectivity index (χ0v) is 16.7. The summed E-state index contributed by atoms with van der Waals surface area (Å²) in [7, 11) is 0. The summed E-state index contributed by atoms with van der Waals surface area (Å²) >= 11 is 0. The molecule has 1 amide bonds. The van der Waals surface area contributed by atoms with E-state index < -0.39 is 5.66 Å². The van der Waals surface area contributed by atoms with Crippen molar-refractivity contribution in [2.24, 2.45) is 10.2 Å². The van der Waals surface area contributed by atoms with Gasteiger partial charge < -0.3 is 9.47 Å². The SMILES string of the molecule is C#CCCC1(CCC(=O)Nc2nc3ccccc3n2CCN(CC)CC)N=N1. The molecule has 2 heterocycles. The average molecular weight is 380 g/mol. The lowest BCUT2D eigenvalue weighted by Gasteiger charge is -2.19. The van der Waals surface area contributed by atoms with Gasteiger partial charge in [-0.2, -0.15) is 10.2 Å². The van der Waals surface area contributed by atoms with Crippen molar-refractivity contribution in [2.75, 3.05) is 25.0 Å². The fourth-order valence-electron chi connectivity index (χ4n) is 3.35. The molecule has 1 aliphatic heterocycles. The van der Waals surface area contributed by atoms with E-state index >= 15 is 0 Å². The lowest BCUT2D eigenvalue weighted by Crippen LogP contribution is -2.28. The number of aromatic nitrogens is 2. The van der Waals surface area contributed by atoms with Crippen LogP contribution in [0.4, 0.5) is 5.95 Å². The van der Waals surface area contributed by atoms with Crippen molar-refractivity contribution in [3.05, 3.63) is 24.3 Å². The number of terminal acetylenes is 1. The molecule has 1 aliphatic rings. The summed E-state index contributed by atoms with van der Waals surface area (Å²) < 4.78 is 2.09. The molecule has 2 aromatic rings. The van der Waals surface area contributed by atoms with Crippen molar-refractivity contribution < 1.29 is 4.79 Å². The maximum Gasteiger partial charge on any atom is 0.226 e. The van der Waals surface area contributed by atoms with Gasteiger partial charge in [0.15, 0.2) is 5.66 Å². The van der Waals surface area contributed by atoms with Gasteiger partial charge in [-0.05, 0) is 25.2 Å². The number of rotatable bonds is 11. The Labute approximate surface area is 166 Å². The van der Waals surface area contributed by atoms with E-state index in [0.29, 0.717) is 31.6 Å². The number of fused-ring (bicyclic) bond motifs is 1. The number of carbonyl (C=O) groups excluding carboxylic acids is 1. The number of amides is 1. The maximum absolute atomic E-state index is 12.5. The van der Waals surface area contributed by atoms with E-state index in [1.165, 1.54) is 0 Å². The van der Waals surface area contributed by atoms with Crippen LogP contribution in [0.2, 0.25) is 0 Å². The van der Waals surface area contributed by atoms with Gasteiger partial charge in [-0.15, -0.1) is 12.3 Å². The zero-order chi connectivity index (χ0) is 20.0. The van der Waals surface area contributed by atoms with Crippen LogP contribution in [0.25, 0.3) is 11.0 Å². The van der Waals surface area contributed by atoms with Crippen LogP contribution in [0.15, 0.2) is 34.5 Å². The molecule has 0 saturated heterocycles. The molecule has 0 atom stereocenters. The van der Waals surface area contributed by atoms with Crippen molar-refractivity contribution in [1.29, 1.82) is 0 Å². The number of carbonyl (C=O) groups is 1. The summed E-state index contributed by atoms with van der Waals surface area (Å²) in [5.41, 5.74) is 1.48. The molecule has 1 aromatic carbocycles. The Balaban J connectivity index is 1.67. The van der Waals surface area contributed by atoms with E-state index in [0.717, 1.165) is 37.2 Å². The molecule has 28 heavy (non-hydrogen) atoms. The normalized spacial score (nSPS) is 14.4. The Morgan fingerprint density at radius 3 is 2.68 bits per heavy atom. The molecule has 0 bridgehead atoms. The summed E-state index contributed by atoms with van der Waals surface area (Å²) in [6.07, 6.45) is 7.57. The minimum atomic E-state index is -0.438. The van der Waals surface area contributed by atoms with Gasteiger partial charge in [0, 0.05) is 38.8 Å². The predicted octanol–water partition coefficient (Wildman–Crippen LogP) is 3.67. The minimum Gasteiger partial charge on any atom is -0.309 e. The fourth-order valence-corrected chi connectivity index (χ4v) is 3.35. The monoisotopic (exact) mass is 380 g/mol. The first-order chi connectivity index (χ1) is 13.6. The zero-order valence-electron chi connectivity index (χ0n) is 16.7. The smallest absolute Gasteiger partial charge is 0.226 e. The third kappa shape index (κ3) is 4.76. The van der Waals surface area contributed by atoms with Crippen molar-refractivity contribution in [2.45, 2.75) is 51.7 Å². The van der Waals surface area contributed by atoms with Crippen LogP contribution < -0.4 is 5.32 Å². The van der Waals surface area contributed by atoms with Gasteiger partial charge in [-0.25, -0.2) is 4.98 Å². The lowest BCUT2D eigenvalue weighted by molar-refractivity contribution is -0.116. The molecule has 1 N–H and O–H groups in total. The quantitative estimate of drug-likeness (QED) is 0.604. The molecule has 148 valence electrons. The van der Waals surface area contributed by atoms with Crippen LogP contribution in [0.1, 0.15) is 39.5 Å². The molecule has 7 heteroatoms. The fraction of sp³-hybridized carbons (Fsp3) is 0.524. The number of para-hydroxylation sites is 2. The van der Waals surface area contributed by atoms with E-state index in [2.05, 4.69) is 49.8 Å². The highest BCUT2D eigenvalue weighted by Crippen LogP contribution is 2.37. The number of imidazole rings is 1. The summed E-state index contributed by atoms with van der Waals surface area (Å²) in [4.78, 5) is 19.5. The highest BCUT2D eigenvalue weighted by Gasteiger charge is 2.39. The van der Waals surface area contributed by atoms with E-state index in [1.807, 2.05) is 24.3 Å². The first kappa shape index (κ1) is 20.0. The van der Waals surface area contributed by atoms with Crippen molar-refractivity contribution in [3.8, 4) is 12.3 Å². The van der Waals surface area contributed by atoms with Gasteiger partial charge in [-0.1, -0.05) is 26.0 Å². The van der Waals surface area contributed by atoms with Gasteiger partial charge in [0.05, 0.1) is 11.0 Å². The second-order valence-electron chi connectivity index (χ2n) is 7.04. The Hall–Kier alpha value is -2.72. The number of hydrogen-bond donors (Lipinski definition) is 1. The maximum atomic E-state index is 12.5. The molecular formula is C21H28N6O. The van der Waals surface area contributed by atoms with Crippen LogP contribution in [-0.2, 0) is 11.3 Å². The van der Waals surface area contributed by atoms with Crippen LogP contribution in [0, 0.1) is 12.3 Å². The second-order valence-corrected chi connectivity index (χ2v) is 7.04. The summed E-state index contributed by atoms with van der Waals surface area (Å²) in [6.45, 7) is 7.98. The molecule has 0 aliphatic carbocycles. The summed E-state index contributed by atoms with van der Waals surface area (Å²) in [6, 6.07) is 7.96. The van der Waals surface area contributed by atoms with Crippen molar-refractivity contribution in [3.63, 3.8) is 0 Å². The molecular weight excluding hydrogens is 352 g/mol. The molecule has 1 aromatic heterocycles. The standard InChI is InChI=1S/C21H28N6O/c1-4-7-13-21(24-25-21)14-12-19(28)23-20-22-17-10-8-9-11-18(17)27(20)16-15-26(5-2)6-3/h1,8-11H,5-7,12-16H2,2-3H3,(H,22,23,28). The number of nitrogens with zero attached hydrogens (tertiary/aromatic N) is 5. The topological polar surface area (TPSA) is 74.9 Å². The third-order valence-electron chi connectivity index (χ3n) is 5.25. The van der Waals surface area contributed by atoms with E-state index in [-0.39, 0.29) is 5.91 Å². The van der Waals surface area contributed by atoms with Gasteiger partial charge in [0.1, 0.15) is 0 Å². The van der Waals surface area contributed by atoms with Gasteiger partial charge in [0.25, 0.3) is 0 Å². The predicted molar refractivity (Wildman–Crippen MR) is 111 cm³/mol. The molecule has 7 nitrogen and oxygen atoms in total. The minimum absolute atomic E-state index is 0.0724. The molecule has 0 fully saturated rings. The van der Waals surface area contributed by atoms with Gasteiger partial charge >= 0.3 is 0 Å². The highest BCUT2D eigenvalue weighted by molar-refractivity contribution is 5.91. The highest BCUT2D eigenvalue weighted by atomic mass is 16.1. The van der Waals surface area contributed by atoms with Gasteiger partial charge in [0.2, 0.25) is 11.9 Å². The second kappa shape index (κ2) is 8.98. The van der Waals surface area contributed by atoms with Crippen LogP contribution >= 0.6 is 0 Å². The number of nitrogens with one attached hydrogen (secondary N) is 1. The number of hydrogen-bond acceptors (Lipinski definition) is 5. The van der Waals surface area contributed by atoms with Crippen molar-refractivity contribution >= 4 is 22.9 Å². The lowest BCUT2D eigenvalue weighted by atomic mass is 10.0.